The zero-order chi connectivity index (χ0) is 17.4. The second kappa shape index (κ2) is 6.28. The van der Waals surface area contributed by atoms with E-state index in [0.717, 1.165) is 0 Å². The average Bonchev–Trinajstić information content (AvgIpc) is 3.00. The van der Waals surface area contributed by atoms with E-state index < -0.39 is 31.6 Å². The number of hydrogen-bond acceptors (Lipinski definition) is 8. The van der Waals surface area contributed by atoms with Crippen molar-refractivity contribution in [3.63, 3.8) is 0 Å². The summed E-state index contributed by atoms with van der Waals surface area (Å²) in [6.07, 6.45) is 2.27. The van der Waals surface area contributed by atoms with Gasteiger partial charge >= 0.3 is 0 Å². The first-order valence-electron chi connectivity index (χ1n) is 7.54. The maximum Gasteiger partial charge on any atom is 0.270 e. The van der Waals surface area contributed by atoms with Gasteiger partial charge in [0.15, 0.2) is 19.7 Å². The van der Waals surface area contributed by atoms with Gasteiger partial charge in [0, 0.05) is 18.3 Å². The number of anilines is 1. The fourth-order valence-corrected chi connectivity index (χ4v) is 6.16. The van der Waals surface area contributed by atoms with Crippen LogP contribution < -0.4 is 10.6 Å². The van der Waals surface area contributed by atoms with Crippen molar-refractivity contribution in [1.82, 2.24) is 15.3 Å². The number of nitrogens with one attached hydrogen (secondary N) is 2. The highest BCUT2D eigenvalue weighted by Crippen LogP contribution is 2.16. The Balaban J connectivity index is 1.63. The van der Waals surface area contributed by atoms with Crippen LogP contribution >= 0.6 is 0 Å². The van der Waals surface area contributed by atoms with E-state index in [0.29, 0.717) is 12.8 Å². The van der Waals surface area contributed by atoms with Crippen molar-refractivity contribution in [3.8, 4) is 0 Å². The van der Waals surface area contributed by atoms with Crippen molar-refractivity contribution < 1.29 is 21.6 Å². The SMILES string of the molecule is O=C(NC1CCS(=O)(=O)C1)c1ccnc(NC2CCS(=O)(=O)C2)n1. The molecule has 2 N–H and O–H groups in total. The summed E-state index contributed by atoms with van der Waals surface area (Å²) in [6, 6.07) is 0.747. The molecular weight excluding hydrogens is 356 g/mol. The molecule has 2 aliphatic heterocycles. The molecule has 2 aliphatic rings. The maximum absolute atomic E-state index is 12.2. The lowest BCUT2D eigenvalue weighted by atomic mass is 10.2. The number of hydrogen-bond donors (Lipinski definition) is 2. The Morgan fingerprint density at radius 1 is 1.04 bits per heavy atom. The van der Waals surface area contributed by atoms with E-state index in [1.807, 2.05) is 0 Å². The minimum Gasteiger partial charge on any atom is -0.350 e. The fourth-order valence-electron chi connectivity index (χ4n) is 2.81. The van der Waals surface area contributed by atoms with Crippen LogP contribution in [0.1, 0.15) is 23.3 Å². The predicted molar refractivity (Wildman–Crippen MR) is 87.2 cm³/mol. The van der Waals surface area contributed by atoms with Gasteiger partial charge in [0.2, 0.25) is 5.95 Å². The monoisotopic (exact) mass is 374 g/mol. The normalized spacial score (nSPS) is 27.7. The molecule has 0 aromatic carbocycles. The Bertz CT molecular complexity index is 853. The van der Waals surface area contributed by atoms with Gasteiger partial charge in [0.1, 0.15) is 5.69 Å². The third-order valence-electron chi connectivity index (χ3n) is 4.02. The van der Waals surface area contributed by atoms with E-state index in [-0.39, 0.29) is 40.7 Å². The molecule has 3 heterocycles. The van der Waals surface area contributed by atoms with Crippen LogP contribution in [0, 0.1) is 0 Å². The number of carbonyl (C=O) groups is 1. The number of aromatic nitrogens is 2. The number of amides is 1. The van der Waals surface area contributed by atoms with Gasteiger partial charge in [-0.15, -0.1) is 0 Å². The molecule has 2 unspecified atom stereocenters. The first-order valence-corrected chi connectivity index (χ1v) is 11.2. The van der Waals surface area contributed by atoms with Crippen LogP contribution in [0.25, 0.3) is 0 Å². The van der Waals surface area contributed by atoms with E-state index >= 15 is 0 Å². The minimum absolute atomic E-state index is 0.0206. The van der Waals surface area contributed by atoms with Gasteiger partial charge in [-0.25, -0.2) is 26.8 Å². The second-order valence-corrected chi connectivity index (χ2v) is 10.5. The third-order valence-corrected chi connectivity index (χ3v) is 7.56. The molecule has 0 aliphatic carbocycles. The predicted octanol–water partition coefficient (Wildman–Crippen LogP) is -1.01. The Kier molecular flexibility index (Phi) is 4.47. The van der Waals surface area contributed by atoms with Crippen LogP contribution in [0.5, 0.6) is 0 Å². The summed E-state index contributed by atoms with van der Waals surface area (Å²) >= 11 is 0. The lowest BCUT2D eigenvalue weighted by Crippen LogP contribution is -2.36. The Morgan fingerprint density at radius 3 is 2.25 bits per heavy atom. The Morgan fingerprint density at radius 2 is 1.67 bits per heavy atom. The fraction of sp³-hybridized carbons (Fsp3) is 0.615. The lowest BCUT2D eigenvalue weighted by molar-refractivity contribution is 0.0936. The van der Waals surface area contributed by atoms with Gasteiger partial charge in [-0.05, 0) is 18.9 Å². The molecule has 0 saturated carbocycles. The van der Waals surface area contributed by atoms with E-state index in [9.17, 15) is 21.6 Å². The summed E-state index contributed by atoms with van der Waals surface area (Å²) < 4.78 is 45.8. The molecule has 9 nitrogen and oxygen atoms in total. The Labute approximate surface area is 140 Å². The summed E-state index contributed by atoms with van der Waals surface area (Å²) in [6.45, 7) is 0. The molecule has 24 heavy (non-hydrogen) atoms. The zero-order valence-electron chi connectivity index (χ0n) is 12.8. The van der Waals surface area contributed by atoms with Crippen molar-refractivity contribution in [1.29, 1.82) is 0 Å². The highest BCUT2D eigenvalue weighted by molar-refractivity contribution is 7.91. The van der Waals surface area contributed by atoms with Crippen molar-refractivity contribution in [2.75, 3.05) is 28.3 Å². The van der Waals surface area contributed by atoms with Crippen molar-refractivity contribution in [2.24, 2.45) is 0 Å². The van der Waals surface area contributed by atoms with Crippen LogP contribution in [-0.2, 0) is 19.7 Å². The second-order valence-electron chi connectivity index (χ2n) is 6.08. The standard InChI is InChI=1S/C13H18N4O5S2/c18-12(15-9-2-5-23(19,20)7-9)11-1-4-14-13(17-11)16-10-3-6-24(21,22)8-10/h1,4,9-10H,2-3,5-8H2,(H,15,18)(H,14,16,17). The smallest absolute Gasteiger partial charge is 0.270 e. The molecular formula is C13H18N4O5S2. The molecule has 1 aromatic heterocycles. The molecule has 132 valence electrons. The van der Waals surface area contributed by atoms with Crippen LogP contribution in [0.4, 0.5) is 5.95 Å². The largest absolute Gasteiger partial charge is 0.350 e. The van der Waals surface area contributed by atoms with Gasteiger partial charge < -0.3 is 10.6 Å². The molecule has 2 atom stereocenters. The van der Waals surface area contributed by atoms with Gasteiger partial charge in [0.05, 0.1) is 23.0 Å². The first-order chi connectivity index (χ1) is 11.2. The number of rotatable bonds is 4. The summed E-state index contributed by atoms with van der Waals surface area (Å²) in [5.41, 5.74) is 0.109. The molecule has 2 fully saturated rings. The van der Waals surface area contributed by atoms with E-state index in [1.165, 1.54) is 12.3 Å². The number of sulfone groups is 2. The third kappa shape index (κ3) is 4.20. The van der Waals surface area contributed by atoms with Crippen LogP contribution in [-0.4, -0.2) is 67.8 Å². The zero-order valence-corrected chi connectivity index (χ0v) is 14.4. The minimum atomic E-state index is -3.07. The van der Waals surface area contributed by atoms with Gasteiger partial charge in [-0.2, -0.15) is 0 Å². The number of carbonyl (C=O) groups excluding carboxylic acids is 1. The lowest BCUT2D eigenvalue weighted by Gasteiger charge is -2.13. The van der Waals surface area contributed by atoms with E-state index in [4.69, 9.17) is 0 Å². The molecule has 1 amide bonds. The van der Waals surface area contributed by atoms with Crippen LogP contribution in [0.3, 0.4) is 0 Å². The molecule has 3 rings (SSSR count). The summed E-state index contributed by atoms with van der Waals surface area (Å²) in [4.78, 5) is 20.3. The first kappa shape index (κ1) is 17.1. The van der Waals surface area contributed by atoms with Crippen LogP contribution in [0.2, 0.25) is 0 Å². The highest BCUT2D eigenvalue weighted by atomic mass is 32.2. The molecule has 0 radical (unpaired) electrons. The van der Waals surface area contributed by atoms with Crippen LogP contribution in [0.15, 0.2) is 12.3 Å². The quantitative estimate of drug-likeness (QED) is 0.684. The average molecular weight is 374 g/mol. The topological polar surface area (TPSA) is 135 Å². The Hall–Kier alpha value is -1.75. The van der Waals surface area contributed by atoms with Gasteiger partial charge in [-0.3, -0.25) is 4.79 Å². The van der Waals surface area contributed by atoms with Gasteiger partial charge in [0.25, 0.3) is 5.91 Å². The molecule has 0 bridgehead atoms. The van der Waals surface area contributed by atoms with Crippen molar-refractivity contribution in [2.45, 2.75) is 24.9 Å². The molecule has 1 aromatic rings. The van der Waals surface area contributed by atoms with Crippen molar-refractivity contribution in [3.05, 3.63) is 18.0 Å². The molecule has 2 saturated heterocycles. The van der Waals surface area contributed by atoms with Crippen molar-refractivity contribution >= 4 is 31.5 Å². The summed E-state index contributed by atoms with van der Waals surface area (Å²) in [5, 5.41) is 5.57. The summed E-state index contributed by atoms with van der Waals surface area (Å²) in [5.74, 6) is -0.127. The maximum atomic E-state index is 12.2. The molecule has 0 spiro atoms. The molecule has 11 heteroatoms. The summed E-state index contributed by atoms with van der Waals surface area (Å²) in [7, 11) is -6.10. The van der Waals surface area contributed by atoms with Gasteiger partial charge in [-0.1, -0.05) is 0 Å². The number of nitrogens with zero attached hydrogens (tertiary/aromatic N) is 2. The highest BCUT2D eigenvalue weighted by Gasteiger charge is 2.30. The van der Waals surface area contributed by atoms with E-state index in [2.05, 4.69) is 20.6 Å². The van der Waals surface area contributed by atoms with E-state index in [1.54, 1.807) is 0 Å².